The highest BCUT2D eigenvalue weighted by Gasteiger charge is 2.41. The summed E-state index contributed by atoms with van der Waals surface area (Å²) in [7, 11) is 0. The maximum Gasteiger partial charge on any atom is 0.249 e. The number of nitrogens with zero attached hydrogens (tertiary/aromatic N) is 2. The predicted octanol–water partition coefficient (Wildman–Crippen LogP) is 0.713. The lowest BCUT2D eigenvalue weighted by Crippen LogP contribution is -2.46. The molecule has 1 aromatic rings. The minimum Gasteiger partial charge on any atom is -0.344 e. The molecule has 18 heavy (non-hydrogen) atoms. The van der Waals surface area contributed by atoms with Crippen molar-refractivity contribution in [2.45, 2.75) is 25.3 Å². The average molecular weight is 245 g/mol. The van der Waals surface area contributed by atoms with E-state index < -0.39 is 0 Å². The number of carbonyl (C=O) groups excluding carboxylic acids is 2. The molecule has 1 N–H and O–H groups in total. The fourth-order valence-corrected chi connectivity index (χ4v) is 2.32. The molecule has 2 fully saturated rings. The van der Waals surface area contributed by atoms with Gasteiger partial charge in [0.2, 0.25) is 11.8 Å². The smallest absolute Gasteiger partial charge is 0.249 e. The van der Waals surface area contributed by atoms with Gasteiger partial charge in [0.1, 0.15) is 6.04 Å². The van der Waals surface area contributed by atoms with Crippen molar-refractivity contribution < 1.29 is 9.59 Å². The highest BCUT2D eigenvalue weighted by Crippen LogP contribution is 2.34. The molecule has 1 atom stereocenters. The largest absolute Gasteiger partial charge is 0.344 e. The quantitative estimate of drug-likeness (QED) is 0.834. The molecule has 2 aliphatic rings. The third kappa shape index (κ3) is 2.08. The molecule has 1 aromatic heterocycles. The van der Waals surface area contributed by atoms with E-state index in [1.165, 1.54) is 0 Å². The minimum absolute atomic E-state index is 0.00338. The van der Waals surface area contributed by atoms with Crippen LogP contribution in [-0.2, 0) is 9.59 Å². The van der Waals surface area contributed by atoms with E-state index in [0.29, 0.717) is 18.9 Å². The van der Waals surface area contributed by atoms with Crippen LogP contribution in [0.25, 0.3) is 0 Å². The van der Waals surface area contributed by atoms with E-state index in [-0.39, 0.29) is 17.9 Å². The SMILES string of the molecule is O=C1CCN(c2cccnc2)C(=O)C(C2CC2)N1. The van der Waals surface area contributed by atoms with Crippen molar-refractivity contribution in [2.75, 3.05) is 11.4 Å². The molecule has 1 saturated carbocycles. The molecule has 1 aliphatic carbocycles. The van der Waals surface area contributed by atoms with Crippen LogP contribution in [0, 0.1) is 5.92 Å². The third-order valence-electron chi connectivity index (χ3n) is 3.46. The summed E-state index contributed by atoms with van der Waals surface area (Å²) in [6.45, 7) is 0.430. The van der Waals surface area contributed by atoms with Crippen LogP contribution in [0.15, 0.2) is 24.5 Å². The van der Waals surface area contributed by atoms with Gasteiger partial charge in [0, 0.05) is 19.2 Å². The molecule has 3 rings (SSSR count). The van der Waals surface area contributed by atoms with Crippen molar-refractivity contribution in [3.05, 3.63) is 24.5 Å². The molecule has 0 radical (unpaired) electrons. The summed E-state index contributed by atoms with van der Waals surface area (Å²) in [6.07, 6.45) is 5.74. The van der Waals surface area contributed by atoms with Crippen molar-refractivity contribution in [1.29, 1.82) is 0 Å². The summed E-state index contributed by atoms with van der Waals surface area (Å²) in [4.78, 5) is 29.8. The summed E-state index contributed by atoms with van der Waals surface area (Å²) >= 11 is 0. The van der Waals surface area contributed by atoms with Crippen LogP contribution >= 0.6 is 0 Å². The summed E-state index contributed by atoms with van der Waals surface area (Å²) in [6, 6.07) is 3.31. The first-order valence-corrected chi connectivity index (χ1v) is 6.26. The summed E-state index contributed by atoms with van der Waals surface area (Å²) in [5.41, 5.74) is 0.768. The lowest BCUT2D eigenvalue weighted by Gasteiger charge is -2.23. The zero-order valence-corrected chi connectivity index (χ0v) is 10.0. The van der Waals surface area contributed by atoms with Crippen molar-refractivity contribution in [3.8, 4) is 0 Å². The number of hydrogen-bond donors (Lipinski definition) is 1. The average Bonchev–Trinajstić information content (AvgIpc) is 3.21. The van der Waals surface area contributed by atoms with Gasteiger partial charge < -0.3 is 10.2 Å². The van der Waals surface area contributed by atoms with Crippen molar-refractivity contribution >= 4 is 17.5 Å². The predicted molar refractivity (Wildman–Crippen MR) is 65.9 cm³/mol. The lowest BCUT2D eigenvalue weighted by molar-refractivity contribution is -0.126. The van der Waals surface area contributed by atoms with Crippen LogP contribution in [0.1, 0.15) is 19.3 Å². The Bertz CT molecular complexity index is 470. The van der Waals surface area contributed by atoms with E-state index in [1.807, 2.05) is 6.07 Å². The maximum atomic E-state index is 12.5. The zero-order valence-electron chi connectivity index (χ0n) is 10.0. The number of anilines is 1. The summed E-state index contributed by atoms with van der Waals surface area (Å²) in [5, 5.41) is 2.84. The van der Waals surface area contributed by atoms with E-state index >= 15 is 0 Å². The van der Waals surface area contributed by atoms with Gasteiger partial charge in [-0.25, -0.2) is 0 Å². The Morgan fingerprint density at radius 2 is 2.17 bits per heavy atom. The molecular formula is C13H15N3O2. The molecule has 94 valence electrons. The first kappa shape index (κ1) is 11.2. The standard InChI is InChI=1S/C13H15N3O2/c17-11-5-7-16(10-2-1-6-14-8-10)13(18)12(15-11)9-3-4-9/h1-2,6,8-9,12H,3-5,7H2,(H,15,17). The monoisotopic (exact) mass is 245 g/mol. The second-order valence-electron chi connectivity index (χ2n) is 4.83. The Labute approximate surface area is 105 Å². The van der Waals surface area contributed by atoms with Gasteiger partial charge in [-0.3, -0.25) is 14.6 Å². The fourth-order valence-electron chi connectivity index (χ4n) is 2.32. The second-order valence-corrected chi connectivity index (χ2v) is 4.83. The molecule has 0 spiro atoms. The number of aromatic nitrogens is 1. The zero-order chi connectivity index (χ0) is 12.5. The van der Waals surface area contributed by atoms with Gasteiger partial charge in [-0.15, -0.1) is 0 Å². The molecule has 1 saturated heterocycles. The normalized spacial score (nSPS) is 24.7. The number of pyridine rings is 1. The van der Waals surface area contributed by atoms with Crippen LogP contribution in [0.5, 0.6) is 0 Å². The Kier molecular flexibility index (Phi) is 2.74. The Morgan fingerprint density at radius 3 is 2.83 bits per heavy atom. The van der Waals surface area contributed by atoms with Crippen molar-refractivity contribution in [2.24, 2.45) is 5.92 Å². The van der Waals surface area contributed by atoms with Crippen molar-refractivity contribution in [3.63, 3.8) is 0 Å². The van der Waals surface area contributed by atoms with Gasteiger partial charge in [0.15, 0.2) is 0 Å². The van der Waals surface area contributed by atoms with Gasteiger partial charge in [0.25, 0.3) is 0 Å². The number of rotatable bonds is 2. The van der Waals surface area contributed by atoms with Crippen LogP contribution in [0.3, 0.4) is 0 Å². The van der Waals surface area contributed by atoms with Crippen LogP contribution in [0.4, 0.5) is 5.69 Å². The third-order valence-corrected chi connectivity index (χ3v) is 3.46. The second kappa shape index (κ2) is 4.40. The molecule has 5 heteroatoms. The van der Waals surface area contributed by atoms with E-state index in [9.17, 15) is 9.59 Å². The van der Waals surface area contributed by atoms with Crippen molar-refractivity contribution in [1.82, 2.24) is 10.3 Å². The number of nitrogens with one attached hydrogen (secondary N) is 1. The van der Waals surface area contributed by atoms with Gasteiger partial charge in [0.05, 0.1) is 11.9 Å². The highest BCUT2D eigenvalue weighted by molar-refractivity contribution is 6.01. The minimum atomic E-state index is -0.347. The number of hydrogen-bond acceptors (Lipinski definition) is 3. The first-order valence-electron chi connectivity index (χ1n) is 6.26. The molecule has 0 aromatic carbocycles. The van der Waals surface area contributed by atoms with Crippen LogP contribution in [0.2, 0.25) is 0 Å². The van der Waals surface area contributed by atoms with Gasteiger partial charge in [-0.2, -0.15) is 0 Å². The Morgan fingerprint density at radius 1 is 1.33 bits per heavy atom. The topological polar surface area (TPSA) is 62.3 Å². The van der Waals surface area contributed by atoms with Gasteiger partial charge in [-0.1, -0.05) is 0 Å². The maximum absolute atomic E-state index is 12.5. The van der Waals surface area contributed by atoms with E-state index in [4.69, 9.17) is 0 Å². The lowest BCUT2D eigenvalue weighted by atomic mass is 10.1. The van der Waals surface area contributed by atoms with Gasteiger partial charge >= 0.3 is 0 Å². The summed E-state index contributed by atoms with van der Waals surface area (Å²) in [5.74, 6) is 0.279. The van der Waals surface area contributed by atoms with E-state index in [1.54, 1.807) is 23.4 Å². The van der Waals surface area contributed by atoms with Crippen LogP contribution < -0.4 is 10.2 Å². The molecule has 5 nitrogen and oxygen atoms in total. The fraction of sp³-hybridized carbons (Fsp3) is 0.462. The molecule has 1 unspecified atom stereocenters. The first-order chi connectivity index (χ1) is 8.75. The van der Waals surface area contributed by atoms with E-state index in [2.05, 4.69) is 10.3 Å². The Hall–Kier alpha value is -1.91. The highest BCUT2D eigenvalue weighted by atomic mass is 16.2. The van der Waals surface area contributed by atoms with Gasteiger partial charge in [-0.05, 0) is 30.9 Å². The van der Waals surface area contributed by atoms with E-state index in [0.717, 1.165) is 18.5 Å². The number of carbonyl (C=O) groups is 2. The molecule has 0 bridgehead atoms. The Balaban J connectivity index is 1.88. The number of amides is 2. The molecule has 1 aliphatic heterocycles. The van der Waals surface area contributed by atoms with Crippen LogP contribution in [-0.4, -0.2) is 29.4 Å². The molecule has 2 heterocycles. The molecule has 2 amide bonds. The summed E-state index contributed by atoms with van der Waals surface area (Å²) < 4.78 is 0. The molecular weight excluding hydrogens is 230 g/mol.